The Hall–Kier alpha value is -1.42. The van der Waals surface area contributed by atoms with E-state index in [1.54, 1.807) is 6.20 Å². The summed E-state index contributed by atoms with van der Waals surface area (Å²) in [6.45, 7) is 6.78. The van der Waals surface area contributed by atoms with E-state index in [4.69, 9.17) is 0 Å². The van der Waals surface area contributed by atoms with Gasteiger partial charge in [0.1, 0.15) is 0 Å². The molecule has 1 unspecified atom stereocenters. The number of pyridine rings is 1. The number of nitrogens with one attached hydrogen (secondary N) is 1. The first-order valence-corrected chi connectivity index (χ1v) is 7.66. The Morgan fingerprint density at radius 2 is 2.40 bits per heavy atom. The van der Waals surface area contributed by atoms with Crippen molar-refractivity contribution in [1.82, 2.24) is 15.2 Å². The molecule has 1 aliphatic heterocycles. The molecule has 1 aromatic heterocycles. The average Bonchev–Trinajstić information content (AvgIpc) is 2.96. The fraction of sp³-hybridized carbons (Fsp3) is 0.625. The van der Waals surface area contributed by atoms with Crippen LogP contribution in [0.15, 0.2) is 18.3 Å². The van der Waals surface area contributed by atoms with Crippen molar-refractivity contribution in [2.24, 2.45) is 0 Å². The summed E-state index contributed by atoms with van der Waals surface area (Å²) in [6.07, 6.45) is 6.28. The summed E-state index contributed by atoms with van der Waals surface area (Å²) in [5.41, 5.74) is 1.56. The summed E-state index contributed by atoms with van der Waals surface area (Å²) in [5.74, 6) is 0.123. The maximum absolute atomic E-state index is 12.7. The second-order valence-electron chi connectivity index (χ2n) is 5.53. The first-order valence-electron chi connectivity index (χ1n) is 7.66. The van der Waals surface area contributed by atoms with Crippen LogP contribution < -0.4 is 5.32 Å². The van der Waals surface area contributed by atoms with Gasteiger partial charge in [-0.05, 0) is 44.9 Å². The second-order valence-corrected chi connectivity index (χ2v) is 5.53. The molecule has 2 heterocycles. The standard InChI is InChI=1S/C16H25N3O/c1-3-4-11-19(12-14-7-5-10-18-14)16(20)15-8-6-9-17-13(15)2/h6,8-9,14,18H,3-5,7,10-12H2,1-2H3. The van der Waals surface area contributed by atoms with Crippen LogP contribution >= 0.6 is 0 Å². The highest BCUT2D eigenvalue weighted by Gasteiger charge is 2.23. The van der Waals surface area contributed by atoms with E-state index in [0.717, 1.165) is 43.7 Å². The maximum Gasteiger partial charge on any atom is 0.255 e. The smallest absolute Gasteiger partial charge is 0.255 e. The van der Waals surface area contributed by atoms with Crippen molar-refractivity contribution in [3.05, 3.63) is 29.6 Å². The van der Waals surface area contributed by atoms with Crippen molar-refractivity contribution in [2.75, 3.05) is 19.6 Å². The van der Waals surface area contributed by atoms with Crippen LogP contribution in [0.5, 0.6) is 0 Å². The normalized spacial score (nSPS) is 18.2. The molecule has 0 aromatic carbocycles. The number of amides is 1. The highest BCUT2D eigenvalue weighted by atomic mass is 16.2. The monoisotopic (exact) mass is 275 g/mol. The lowest BCUT2D eigenvalue weighted by molar-refractivity contribution is 0.0738. The largest absolute Gasteiger partial charge is 0.337 e. The van der Waals surface area contributed by atoms with Gasteiger partial charge in [0.05, 0.1) is 5.56 Å². The van der Waals surface area contributed by atoms with Gasteiger partial charge in [-0.15, -0.1) is 0 Å². The fourth-order valence-corrected chi connectivity index (χ4v) is 2.68. The van der Waals surface area contributed by atoms with Crippen molar-refractivity contribution >= 4 is 5.91 Å². The Kier molecular flexibility index (Phi) is 5.53. The quantitative estimate of drug-likeness (QED) is 0.867. The number of hydrogen-bond acceptors (Lipinski definition) is 3. The van der Waals surface area contributed by atoms with Gasteiger partial charge in [-0.25, -0.2) is 0 Å². The topological polar surface area (TPSA) is 45.2 Å². The summed E-state index contributed by atoms with van der Waals surface area (Å²) < 4.78 is 0. The minimum atomic E-state index is 0.123. The predicted molar refractivity (Wildman–Crippen MR) is 80.8 cm³/mol. The van der Waals surface area contributed by atoms with Gasteiger partial charge in [0.25, 0.3) is 5.91 Å². The molecule has 1 atom stereocenters. The van der Waals surface area contributed by atoms with Gasteiger partial charge in [0, 0.05) is 31.0 Å². The lowest BCUT2D eigenvalue weighted by atomic mass is 10.1. The number of carbonyl (C=O) groups excluding carboxylic acids is 1. The van der Waals surface area contributed by atoms with Gasteiger partial charge < -0.3 is 10.2 Å². The Morgan fingerprint density at radius 1 is 1.55 bits per heavy atom. The molecule has 1 N–H and O–H groups in total. The molecule has 0 aliphatic carbocycles. The van der Waals surface area contributed by atoms with Gasteiger partial charge in [-0.3, -0.25) is 9.78 Å². The second kappa shape index (κ2) is 7.39. The summed E-state index contributed by atoms with van der Waals surface area (Å²) in [4.78, 5) is 18.9. The van der Waals surface area contributed by atoms with Crippen molar-refractivity contribution in [3.8, 4) is 0 Å². The average molecular weight is 275 g/mol. The maximum atomic E-state index is 12.7. The molecular formula is C16H25N3O. The number of aromatic nitrogens is 1. The summed E-state index contributed by atoms with van der Waals surface area (Å²) in [7, 11) is 0. The molecule has 2 rings (SSSR count). The third-order valence-electron chi connectivity index (χ3n) is 3.91. The number of aryl methyl sites for hydroxylation is 1. The fourth-order valence-electron chi connectivity index (χ4n) is 2.68. The van der Waals surface area contributed by atoms with E-state index in [1.807, 2.05) is 24.0 Å². The van der Waals surface area contributed by atoms with Crippen LogP contribution in [0.25, 0.3) is 0 Å². The van der Waals surface area contributed by atoms with Crippen LogP contribution in [-0.4, -0.2) is 41.5 Å². The highest BCUT2D eigenvalue weighted by molar-refractivity contribution is 5.95. The summed E-state index contributed by atoms with van der Waals surface area (Å²) in [5, 5.41) is 3.47. The van der Waals surface area contributed by atoms with Crippen LogP contribution in [-0.2, 0) is 0 Å². The number of carbonyl (C=O) groups is 1. The third kappa shape index (κ3) is 3.79. The lowest BCUT2D eigenvalue weighted by Crippen LogP contribution is -2.41. The zero-order valence-electron chi connectivity index (χ0n) is 12.6. The summed E-state index contributed by atoms with van der Waals surface area (Å²) >= 11 is 0. The zero-order valence-corrected chi connectivity index (χ0v) is 12.6. The molecule has 1 saturated heterocycles. The minimum Gasteiger partial charge on any atom is -0.337 e. The molecule has 4 heteroatoms. The Morgan fingerprint density at radius 3 is 3.05 bits per heavy atom. The van der Waals surface area contributed by atoms with Crippen LogP contribution in [0.4, 0.5) is 0 Å². The molecule has 1 aliphatic rings. The van der Waals surface area contributed by atoms with E-state index in [9.17, 15) is 4.79 Å². The van der Waals surface area contributed by atoms with E-state index < -0.39 is 0 Å². The van der Waals surface area contributed by atoms with E-state index in [1.165, 1.54) is 12.8 Å². The molecule has 0 spiro atoms. The lowest BCUT2D eigenvalue weighted by Gasteiger charge is -2.26. The molecule has 110 valence electrons. The van der Waals surface area contributed by atoms with Crippen LogP contribution in [0.3, 0.4) is 0 Å². The highest BCUT2D eigenvalue weighted by Crippen LogP contribution is 2.13. The first-order chi connectivity index (χ1) is 9.72. The molecule has 0 bridgehead atoms. The molecule has 1 aromatic rings. The number of unbranched alkanes of at least 4 members (excludes halogenated alkanes) is 1. The van der Waals surface area contributed by atoms with Gasteiger partial charge in [-0.2, -0.15) is 0 Å². The third-order valence-corrected chi connectivity index (χ3v) is 3.91. The Bertz CT molecular complexity index is 441. The minimum absolute atomic E-state index is 0.123. The van der Waals surface area contributed by atoms with Gasteiger partial charge in [0.15, 0.2) is 0 Å². The summed E-state index contributed by atoms with van der Waals surface area (Å²) in [6, 6.07) is 4.17. The predicted octanol–water partition coefficient (Wildman–Crippen LogP) is 2.38. The Labute approximate surface area is 121 Å². The number of nitrogens with zero attached hydrogens (tertiary/aromatic N) is 2. The molecular weight excluding hydrogens is 250 g/mol. The SMILES string of the molecule is CCCCN(CC1CCCN1)C(=O)c1cccnc1C. The number of hydrogen-bond donors (Lipinski definition) is 1. The van der Waals surface area contributed by atoms with Gasteiger partial charge in [-0.1, -0.05) is 13.3 Å². The van der Waals surface area contributed by atoms with Crippen molar-refractivity contribution in [1.29, 1.82) is 0 Å². The Balaban J connectivity index is 2.08. The number of rotatable bonds is 6. The zero-order chi connectivity index (χ0) is 14.4. The van der Waals surface area contributed by atoms with E-state index in [-0.39, 0.29) is 5.91 Å². The van der Waals surface area contributed by atoms with Crippen LogP contribution in [0, 0.1) is 6.92 Å². The molecule has 0 radical (unpaired) electrons. The van der Waals surface area contributed by atoms with Crippen molar-refractivity contribution in [3.63, 3.8) is 0 Å². The molecule has 20 heavy (non-hydrogen) atoms. The van der Waals surface area contributed by atoms with E-state index >= 15 is 0 Å². The van der Waals surface area contributed by atoms with Gasteiger partial charge in [0.2, 0.25) is 0 Å². The molecule has 0 saturated carbocycles. The van der Waals surface area contributed by atoms with E-state index in [2.05, 4.69) is 17.2 Å². The first kappa shape index (κ1) is 15.0. The van der Waals surface area contributed by atoms with Crippen molar-refractivity contribution in [2.45, 2.75) is 45.6 Å². The molecule has 4 nitrogen and oxygen atoms in total. The van der Waals surface area contributed by atoms with E-state index in [0.29, 0.717) is 6.04 Å². The van der Waals surface area contributed by atoms with Gasteiger partial charge >= 0.3 is 0 Å². The van der Waals surface area contributed by atoms with Crippen LogP contribution in [0.2, 0.25) is 0 Å². The molecule has 1 fully saturated rings. The van der Waals surface area contributed by atoms with Crippen molar-refractivity contribution < 1.29 is 4.79 Å². The van der Waals surface area contributed by atoms with Crippen LogP contribution in [0.1, 0.15) is 48.7 Å². The molecule has 1 amide bonds.